The van der Waals surface area contributed by atoms with E-state index in [0.29, 0.717) is 6.07 Å². The summed E-state index contributed by atoms with van der Waals surface area (Å²) in [7, 11) is 0. The van der Waals surface area contributed by atoms with Crippen LogP contribution in [0.2, 0.25) is 5.02 Å². The standard InChI is InChI=1S/C8H2ClF5N2/c9-3-1-4(7(10)11)16-5(2-15)6(3)8(12,13)14/h1,7H. The number of nitrogens with zero attached hydrogens (tertiary/aromatic N) is 2. The van der Waals surface area contributed by atoms with Gasteiger partial charge in [-0.3, -0.25) is 0 Å². The van der Waals surface area contributed by atoms with E-state index in [9.17, 15) is 22.0 Å². The van der Waals surface area contributed by atoms with Gasteiger partial charge in [0.2, 0.25) is 0 Å². The first-order valence-electron chi connectivity index (χ1n) is 3.73. The Morgan fingerprint density at radius 1 is 1.38 bits per heavy atom. The third-order valence-corrected chi connectivity index (χ3v) is 1.90. The number of alkyl halides is 5. The Morgan fingerprint density at radius 2 is 1.94 bits per heavy atom. The summed E-state index contributed by atoms with van der Waals surface area (Å²) in [5, 5.41) is 7.43. The summed E-state index contributed by atoms with van der Waals surface area (Å²) < 4.78 is 61.5. The van der Waals surface area contributed by atoms with Crippen molar-refractivity contribution in [2.45, 2.75) is 12.6 Å². The van der Waals surface area contributed by atoms with Gasteiger partial charge in [-0.1, -0.05) is 11.6 Å². The van der Waals surface area contributed by atoms with Gasteiger partial charge in [-0.15, -0.1) is 0 Å². The van der Waals surface area contributed by atoms with Crippen molar-refractivity contribution in [3.63, 3.8) is 0 Å². The molecule has 0 amide bonds. The second-order valence-corrected chi connectivity index (χ2v) is 3.07. The Balaban J connectivity index is 3.49. The lowest BCUT2D eigenvalue weighted by atomic mass is 10.1. The third-order valence-electron chi connectivity index (χ3n) is 1.60. The van der Waals surface area contributed by atoms with Crippen molar-refractivity contribution in [2.75, 3.05) is 0 Å². The van der Waals surface area contributed by atoms with Crippen molar-refractivity contribution in [3.8, 4) is 6.07 Å². The molecule has 0 saturated heterocycles. The van der Waals surface area contributed by atoms with E-state index in [0.717, 1.165) is 6.07 Å². The van der Waals surface area contributed by atoms with Crippen LogP contribution in [0.1, 0.15) is 23.4 Å². The molecule has 2 nitrogen and oxygen atoms in total. The molecule has 0 aliphatic carbocycles. The van der Waals surface area contributed by atoms with Crippen LogP contribution in [0.3, 0.4) is 0 Å². The number of hydrogen-bond acceptors (Lipinski definition) is 2. The minimum atomic E-state index is -4.91. The fraction of sp³-hybridized carbons (Fsp3) is 0.250. The predicted octanol–water partition coefficient (Wildman–Crippen LogP) is 3.56. The fourth-order valence-electron chi connectivity index (χ4n) is 0.995. The van der Waals surface area contributed by atoms with E-state index in [1.165, 1.54) is 0 Å². The van der Waals surface area contributed by atoms with Crippen LogP contribution in [0.25, 0.3) is 0 Å². The largest absolute Gasteiger partial charge is 0.420 e. The summed E-state index contributed by atoms with van der Waals surface area (Å²) in [6.45, 7) is 0. The summed E-state index contributed by atoms with van der Waals surface area (Å²) >= 11 is 5.20. The first kappa shape index (κ1) is 12.6. The topological polar surface area (TPSA) is 36.7 Å². The highest BCUT2D eigenvalue weighted by Crippen LogP contribution is 2.37. The zero-order valence-electron chi connectivity index (χ0n) is 7.32. The van der Waals surface area contributed by atoms with Gasteiger partial charge in [0, 0.05) is 0 Å². The Morgan fingerprint density at radius 3 is 2.31 bits per heavy atom. The second-order valence-electron chi connectivity index (χ2n) is 2.66. The maximum atomic E-state index is 12.4. The highest BCUT2D eigenvalue weighted by Gasteiger charge is 2.38. The van der Waals surface area contributed by atoms with Crippen molar-refractivity contribution < 1.29 is 22.0 Å². The lowest BCUT2D eigenvalue weighted by Gasteiger charge is -2.11. The Labute approximate surface area is 91.3 Å². The molecule has 8 heteroatoms. The van der Waals surface area contributed by atoms with Crippen LogP contribution < -0.4 is 0 Å². The van der Waals surface area contributed by atoms with Gasteiger partial charge in [-0.05, 0) is 6.07 Å². The number of pyridine rings is 1. The smallest absolute Gasteiger partial charge is 0.235 e. The monoisotopic (exact) mass is 256 g/mol. The Hall–Kier alpha value is -1.42. The summed E-state index contributed by atoms with van der Waals surface area (Å²) in [5.41, 5.74) is -3.62. The molecule has 0 aromatic carbocycles. The van der Waals surface area contributed by atoms with Crippen LogP contribution in [-0.4, -0.2) is 4.98 Å². The molecule has 0 unspecified atom stereocenters. The zero-order valence-corrected chi connectivity index (χ0v) is 8.07. The SMILES string of the molecule is N#Cc1nc(C(F)F)cc(Cl)c1C(F)(F)F. The van der Waals surface area contributed by atoms with Gasteiger partial charge in [0.05, 0.1) is 5.02 Å². The van der Waals surface area contributed by atoms with Crippen LogP contribution in [0, 0.1) is 11.3 Å². The molecule has 0 saturated carbocycles. The highest BCUT2D eigenvalue weighted by atomic mass is 35.5. The van der Waals surface area contributed by atoms with Crippen LogP contribution in [0.4, 0.5) is 22.0 Å². The van der Waals surface area contributed by atoms with Crippen molar-refractivity contribution in [1.82, 2.24) is 4.98 Å². The lowest BCUT2D eigenvalue weighted by molar-refractivity contribution is -0.138. The second kappa shape index (κ2) is 4.22. The van der Waals surface area contributed by atoms with Gasteiger partial charge < -0.3 is 0 Å². The van der Waals surface area contributed by atoms with Crippen LogP contribution >= 0.6 is 11.6 Å². The molecular formula is C8H2ClF5N2. The van der Waals surface area contributed by atoms with E-state index < -0.39 is 34.6 Å². The molecule has 0 aliphatic heterocycles. The van der Waals surface area contributed by atoms with E-state index in [-0.39, 0.29) is 0 Å². The molecule has 0 radical (unpaired) electrons. The predicted molar refractivity (Wildman–Crippen MR) is 43.9 cm³/mol. The van der Waals surface area contributed by atoms with Crippen LogP contribution in [-0.2, 0) is 6.18 Å². The minimum Gasteiger partial charge on any atom is -0.235 e. The quantitative estimate of drug-likeness (QED) is 0.720. The molecular weight excluding hydrogens is 255 g/mol. The third kappa shape index (κ3) is 2.39. The molecule has 0 N–H and O–H groups in total. The van der Waals surface area contributed by atoms with Crippen molar-refractivity contribution in [3.05, 3.63) is 28.0 Å². The van der Waals surface area contributed by atoms with Crippen LogP contribution in [0.5, 0.6) is 0 Å². The van der Waals surface area contributed by atoms with E-state index >= 15 is 0 Å². The molecule has 0 bridgehead atoms. The molecule has 86 valence electrons. The summed E-state index contributed by atoms with van der Waals surface area (Å²) in [4.78, 5) is 2.90. The summed E-state index contributed by atoms with van der Waals surface area (Å²) in [6, 6.07) is 1.49. The van der Waals surface area contributed by atoms with E-state index in [1.54, 1.807) is 0 Å². The number of nitriles is 1. The summed E-state index contributed by atoms with van der Waals surface area (Å²) in [6.07, 6.45) is -8.00. The van der Waals surface area contributed by atoms with Gasteiger partial charge in [0.25, 0.3) is 6.43 Å². The number of aromatic nitrogens is 1. The first-order valence-corrected chi connectivity index (χ1v) is 4.11. The van der Waals surface area contributed by atoms with Crippen molar-refractivity contribution >= 4 is 11.6 Å². The molecule has 16 heavy (non-hydrogen) atoms. The van der Waals surface area contributed by atoms with Gasteiger partial charge in [0.15, 0.2) is 5.69 Å². The molecule has 0 aliphatic rings. The molecule has 1 rings (SSSR count). The molecule has 1 heterocycles. The van der Waals surface area contributed by atoms with E-state index in [1.807, 2.05) is 0 Å². The molecule has 1 aromatic heterocycles. The van der Waals surface area contributed by atoms with Crippen molar-refractivity contribution in [1.29, 1.82) is 5.26 Å². The molecule has 0 atom stereocenters. The number of rotatable bonds is 1. The number of halogens is 6. The first-order chi connectivity index (χ1) is 7.27. The molecule has 0 spiro atoms. The maximum absolute atomic E-state index is 12.4. The average Bonchev–Trinajstić information content (AvgIpc) is 2.14. The van der Waals surface area contributed by atoms with Gasteiger partial charge in [-0.25, -0.2) is 13.8 Å². The molecule has 0 fully saturated rings. The normalized spacial score (nSPS) is 11.6. The minimum absolute atomic E-state index is 0.399. The maximum Gasteiger partial charge on any atom is 0.420 e. The van der Waals surface area contributed by atoms with Gasteiger partial charge in [-0.2, -0.15) is 18.4 Å². The highest BCUT2D eigenvalue weighted by molar-refractivity contribution is 6.31. The van der Waals surface area contributed by atoms with Gasteiger partial charge in [0.1, 0.15) is 17.3 Å². The van der Waals surface area contributed by atoms with E-state index in [2.05, 4.69) is 4.98 Å². The van der Waals surface area contributed by atoms with E-state index in [4.69, 9.17) is 16.9 Å². The zero-order chi connectivity index (χ0) is 12.5. The average molecular weight is 257 g/mol. The summed E-state index contributed by atoms with van der Waals surface area (Å²) in [5.74, 6) is 0. The lowest BCUT2D eigenvalue weighted by Crippen LogP contribution is -2.11. The van der Waals surface area contributed by atoms with Gasteiger partial charge >= 0.3 is 6.18 Å². The van der Waals surface area contributed by atoms with Crippen LogP contribution in [0.15, 0.2) is 6.07 Å². The number of hydrogen-bond donors (Lipinski definition) is 0. The molecule has 1 aromatic rings. The Kier molecular flexibility index (Phi) is 3.33. The fourth-order valence-corrected chi connectivity index (χ4v) is 1.30. The van der Waals surface area contributed by atoms with Crippen molar-refractivity contribution in [2.24, 2.45) is 0 Å². The Bertz CT molecular complexity index is 449.